The molecule has 1 atom stereocenters. The Morgan fingerprint density at radius 1 is 1.32 bits per heavy atom. The summed E-state index contributed by atoms with van der Waals surface area (Å²) >= 11 is 0. The van der Waals surface area contributed by atoms with Crippen molar-refractivity contribution in [3.63, 3.8) is 0 Å². The number of para-hydroxylation sites is 2. The molecule has 1 aliphatic rings. The molecule has 0 saturated carbocycles. The summed E-state index contributed by atoms with van der Waals surface area (Å²) in [5, 5.41) is 0. The smallest absolute Gasteiger partial charge is 0.396 e. The first kappa shape index (κ1) is 13.2. The maximum atomic E-state index is 12.0. The molecule has 0 saturated heterocycles. The van der Waals surface area contributed by atoms with Crippen LogP contribution in [0.3, 0.4) is 0 Å². The van der Waals surface area contributed by atoms with Gasteiger partial charge in [-0.25, -0.2) is 4.79 Å². The average molecular weight is 266 g/mol. The van der Waals surface area contributed by atoms with E-state index >= 15 is 0 Å². The minimum absolute atomic E-state index is 0.146. The third kappa shape index (κ3) is 2.62. The van der Waals surface area contributed by atoms with Crippen molar-refractivity contribution in [3.05, 3.63) is 24.3 Å². The van der Waals surface area contributed by atoms with E-state index in [0.29, 0.717) is 11.5 Å². The highest BCUT2D eigenvalue weighted by atomic mass is 16.8. The minimum atomic E-state index is -1.88. The molecule has 6 heteroatoms. The van der Waals surface area contributed by atoms with Crippen molar-refractivity contribution in [3.8, 4) is 11.5 Å². The van der Waals surface area contributed by atoms with Crippen LogP contribution in [0.4, 0.5) is 0 Å². The van der Waals surface area contributed by atoms with Crippen molar-refractivity contribution in [2.24, 2.45) is 0 Å². The van der Waals surface area contributed by atoms with Gasteiger partial charge in [-0.2, -0.15) is 0 Å². The summed E-state index contributed by atoms with van der Waals surface area (Å²) in [5.74, 6) is -2.52. The van der Waals surface area contributed by atoms with Crippen LogP contribution in [0.2, 0.25) is 0 Å². The SMILES string of the molecule is CCOC(=O)C1(OC(C)=O)COc2ccccc2O1. The van der Waals surface area contributed by atoms with Gasteiger partial charge in [0.2, 0.25) is 0 Å². The normalized spacial score (nSPS) is 20.5. The van der Waals surface area contributed by atoms with E-state index in [0.717, 1.165) is 0 Å². The molecule has 1 aromatic carbocycles. The van der Waals surface area contributed by atoms with Crippen LogP contribution in [0.5, 0.6) is 11.5 Å². The van der Waals surface area contributed by atoms with Gasteiger partial charge in [0, 0.05) is 6.92 Å². The molecule has 1 heterocycles. The molecule has 0 N–H and O–H groups in total. The largest absolute Gasteiger partial charge is 0.481 e. The summed E-state index contributed by atoms with van der Waals surface area (Å²) in [7, 11) is 0. The highest BCUT2D eigenvalue weighted by molar-refractivity contribution is 5.82. The summed E-state index contributed by atoms with van der Waals surface area (Å²) in [6.45, 7) is 2.73. The van der Waals surface area contributed by atoms with Gasteiger partial charge in [-0.1, -0.05) is 12.1 Å². The molecule has 0 fully saturated rings. The van der Waals surface area contributed by atoms with Crippen molar-refractivity contribution in [2.45, 2.75) is 19.6 Å². The van der Waals surface area contributed by atoms with Crippen molar-refractivity contribution in [1.82, 2.24) is 0 Å². The number of carbonyl (C=O) groups excluding carboxylic acids is 2. The maximum Gasteiger partial charge on any atom is 0.396 e. The molecule has 102 valence electrons. The molecule has 6 nitrogen and oxygen atoms in total. The quantitative estimate of drug-likeness (QED) is 0.767. The fraction of sp³-hybridized carbons (Fsp3) is 0.385. The van der Waals surface area contributed by atoms with E-state index in [-0.39, 0.29) is 13.2 Å². The Bertz CT molecular complexity index is 498. The molecule has 0 radical (unpaired) electrons. The summed E-state index contributed by atoms with van der Waals surface area (Å²) in [6, 6.07) is 6.80. The first-order chi connectivity index (χ1) is 9.07. The van der Waals surface area contributed by atoms with Crippen LogP contribution in [0.15, 0.2) is 24.3 Å². The van der Waals surface area contributed by atoms with Gasteiger partial charge in [-0.15, -0.1) is 0 Å². The average Bonchev–Trinajstić information content (AvgIpc) is 2.38. The predicted octanol–water partition coefficient (Wildman–Crippen LogP) is 1.28. The summed E-state index contributed by atoms with van der Waals surface area (Å²) in [4.78, 5) is 23.1. The van der Waals surface area contributed by atoms with Gasteiger partial charge in [0.05, 0.1) is 6.61 Å². The standard InChI is InChI=1S/C13H14O6/c1-3-16-12(15)13(18-9(2)14)8-17-10-6-4-5-7-11(10)19-13/h4-7H,3,8H2,1-2H3. The molecule has 1 aliphatic heterocycles. The second-order valence-corrected chi connectivity index (χ2v) is 3.90. The van der Waals surface area contributed by atoms with Crippen molar-refractivity contribution >= 4 is 11.9 Å². The van der Waals surface area contributed by atoms with Crippen molar-refractivity contribution < 1.29 is 28.5 Å². The Morgan fingerprint density at radius 2 is 2.00 bits per heavy atom. The highest BCUT2D eigenvalue weighted by Crippen LogP contribution is 2.36. The molecule has 19 heavy (non-hydrogen) atoms. The van der Waals surface area contributed by atoms with Crippen LogP contribution >= 0.6 is 0 Å². The van der Waals surface area contributed by atoms with Crippen LogP contribution < -0.4 is 9.47 Å². The Kier molecular flexibility index (Phi) is 3.59. The molecule has 0 bridgehead atoms. The van der Waals surface area contributed by atoms with Crippen LogP contribution in [0.25, 0.3) is 0 Å². The number of rotatable bonds is 3. The second-order valence-electron chi connectivity index (χ2n) is 3.90. The lowest BCUT2D eigenvalue weighted by Crippen LogP contribution is -2.55. The third-order valence-electron chi connectivity index (χ3n) is 2.44. The number of hydrogen-bond acceptors (Lipinski definition) is 6. The number of carbonyl (C=O) groups is 2. The lowest BCUT2D eigenvalue weighted by molar-refractivity contribution is -0.229. The Labute approximate surface area is 110 Å². The fourth-order valence-corrected chi connectivity index (χ4v) is 1.70. The fourth-order valence-electron chi connectivity index (χ4n) is 1.70. The zero-order valence-electron chi connectivity index (χ0n) is 10.7. The number of ether oxygens (including phenoxy) is 4. The van der Waals surface area contributed by atoms with E-state index in [9.17, 15) is 9.59 Å². The molecule has 0 spiro atoms. The topological polar surface area (TPSA) is 71.1 Å². The Hall–Kier alpha value is -2.24. The Balaban J connectivity index is 2.31. The van der Waals surface area contributed by atoms with Crippen LogP contribution in [0, 0.1) is 0 Å². The lowest BCUT2D eigenvalue weighted by Gasteiger charge is -2.34. The van der Waals surface area contributed by atoms with Gasteiger partial charge in [-0.3, -0.25) is 4.79 Å². The zero-order valence-corrected chi connectivity index (χ0v) is 10.7. The van der Waals surface area contributed by atoms with E-state index in [2.05, 4.69) is 0 Å². The van der Waals surface area contributed by atoms with Gasteiger partial charge in [0.15, 0.2) is 18.1 Å². The summed E-state index contributed by atoms with van der Waals surface area (Å²) in [6.07, 6.45) is 0. The number of fused-ring (bicyclic) bond motifs is 1. The monoisotopic (exact) mass is 266 g/mol. The van der Waals surface area contributed by atoms with E-state index in [1.807, 2.05) is 0 Å². The molecule has 1 aromatic rings. The van der Waals surface area contributed by atoms with Crippen molar-refractivity contribution in [1.29, 1.82) is 0 Å². The molecular formula is C13H14O6. The van der Waals surface area contributed by atoms with Gasteiger partial charge < -0.3 is 18.9 Å². The first-order valence-electron chi connectivity index (χ1n) is 5.85. The van der Waals surface area contributed by atoms with Gasteiger partial charge in [0.1, 0.15) is 0 Å². The molecular weight excluding hydrogens is 252 g/mol. The summed E-state index contributed by atoms with van der Waals surface area (Å²) in [5.41, 5.74) is 0. The summed E-state index contributed by atoms with van der Waals surface area (Å²) < 4.78 is 20.8. The number of esters is 2. The van der Waals surface area contributed by atoms with Gasteiger partial charge >= 0.3 is 17.7 Å². The van der Waals surface area contributed by atoms with Gasteiger partial charge in [-0.05, 0) is 19.1 Å². The van der Waals surface area contributed by atoms with E-state index in [4.69, 9.17) is 18.9 Å². The zero-order chi connectivity index (χ0) is 13.9. The molecule has 0 aromatic heterocycles. The first-order valence-corrected chi connectivity index (χ1v) is 5.85. The molecule has 0 aliphatic carbocycles. The predicted molar refractivity (Wildman–Crippen MR) is 63.7 cm³/mol. The lowest BCUT2D eigenvalue weighted by atomic mass is 10.2. The van der Waals surface area contributed by atoms with Crippen LogP contribution in [-0.4, -0.2) is 30.9 Å². The van der Waals surface area contributed by atoms with Crippen LogP contribution in [-0.2, 0) is 19.1 Å². The van der Waals surface area contributed by atoms with E-state index < -0.39 is 17.7 Å². The third-order valence-corrected chi connectivity index (χ3v) is 2.44. The molecule has 1 unspecified atom stereocenters. The number of benzene rings is 1. The van der Waals surface area contributed by atoms with E-state index in [1.165, 1.54) is 6.92 Å². The minimum Gasteiger partial charge on any atom is -0.481 e. The molecule has 0 amide bonds. The number of hydrogen-bond donors (Lipinski definition) is 0. The van der Waals surface area contributed by atoms with Gasteiger partial charge in [0.25, 0.3) is 0 Å². The molecule has 2 rings (SSSR count). The van der Waals surface area contributed by atoms with E-state index in [1.54, 1.807) is 31.2 Å². The Morgan fingerprint density at radius 3 is 2.63 bits per heavy atom. The second kappa shape index (κ2) is 5.17. The van der Waals surface area contributed by atoms with Crippen molar-refractivity contribution in [2.75, 3.05) is 13.2 Å². The highest BCUT2D eigenvalue weighted by Gasteiger charge is 2.50. The van der Waals surface area contributed by atoms with Crippen LogP contribution in [0.1, 0.15) is 13.8 Å². The maximum absolute atomic E-state index is 12.0.